The minimum atomic E-state index is -0.946. The molecule has 0 amide bonds. The van der Waals surface area contributed by atoms with Crippen LogP contribution in [0.25, 0.3) is 11.1 Å². The van der Waals surface area contributed by atoms with Crippen molar-refractivity contribution in [3.05, 3.63) is 54.1 Å². The van der Waals surface area contributed by atoms with Gasteiger partial charge >= 0.3 is 5.97 Å². The van der Waals surface area contributed by atoms with Gasteiger partial charge in [-0.15, -0.1) is 0 Å². The van der Waals surface area contributed by atoms with E-state index in [1.54, 1.807) is 24.3 Å². The number of carboxylic acid groups (broad SMARTS) is 1. The summed E-state index contributed by atoms with van der Waals surface area (Å²) >= 11 is 0. The normalized spacial score (nSPS) is 11.0. The smallest absolute Gasteiger partial charge is 0.335 e. The zero-order valence-corrected chi connectivity index (χ0v) is 18.3. The number of carbonyl (C=O) groups is 1. The van der Waals surface area contributed by atoms with E-state index >= 15 is 0 Å². The van der Waals surface area contributed by atoms with Crippen LogP contribution in [-0.2, 0) is 0 Å². The quantitative estimate of drug-likeness (QED) is 0.312. The summed E-state index contributed by atoms with van der Waals surface area (Å²) in [6.07, 6.45) is 7.93. The maximum atomic E-state index is 11.1. The lowest BCUT2D eigenvalue weighted by molar-refractivity contribution is 0.0696. The predicted molar refractivity (Wildman–Crippen MR) is 123 cm³/mol. The molecule has 6 nitrogen and oxygen atoms in total. The second-order valence-corrected chi connectivity index (χ2v) is 7.75. The molecule has 0 aliphatic carbocycles. The average Bonchev–Trinajstić information content (AvgIpc) is 3.21. The number of benzene rings is 2. The van der Waals surface area contributed by atoms with Crippen molar-refractivity contribution >= 4 is 23.1 Å². The van der Waals surface area contributed by atoms with Gasteiger partial charge in [-0.25, -0.2) is 4.79 Å². The molecular weight excluding hydrogens is 392 g/mol. The number of oxazole rings is 1. The van der Waals surface area contributed by atoms with Gasteiger partial charge in [0.1, 0.15) is 11.3 Å². The van der Waals surface area contributed by atoms with Crippen molar-refractivity contribution in [3.8, 4) is 5.75 Å². The second-order valence-electron chi connectivity index (χ2n) is 7.75. The number of carboxylic acids is 1. The Labute approximate surface area is 183 Å². The molecule has 0 fully saturated rings. The summed E-state index contributed by atoms with van der Waals surface area (Å²) in [5.41, 5.74) is 1.94. The molecule has 0 bridgehead atoms. The molecule has 0 atom stereocenters. The molecule has 166 valence electrons. The van der Waals surface area contributed by atoms with E-state index in [1.165, 1.54) is 25.7 Å². The summed E-state index contributed by atoms with van der Waals surface area (Å²) in [5, 5.41) is 9.08. The molecule has 1 heterocycles. The van der Waals surface area contributed by atoms with Crippen molar-refractivity contribution in [1.29, 1.82) is 0 Å². The molecule has 3 rings (SSSR count). The van der Waals surface area contributed by atoms with Crippen LogP contribution >= 0.6 is 0 Å². The molecule has 0 spiro atoms. The molecule has 2 aromatic carbocycles. The molecule has 0 radical (unpaired) electrons. The monoisotopic (exact) mass is 424 g/mol. The summed E-state index contributed by atoms with van der Waals surface area (Å²) in [7, 11) is 0. The van der Waals surface area contributed by atoms with E-state index in [4.69, 9.17) is 14.3 Å². The Morgan fingerprint density at radius 3 is 2.55 bits per heavy atom. The minimum Gasteiger partial charge on any atom is -0.494 e. The molecule has 31 heavy (non-hydrogen) atoms. The fourth-order valence-electron chi connectivity index (χ4n) is 3.52. The average molecular weight is 425 g/mol. The third-order valence-electron chi connectivity index (χ3n) is 5.26. The Balaban J connectivity index is 1.50. The van der Waals surface area contributed by atoms with Gasteiger partial charge in [0.25, 0.3) is 6.01 Å². The Kier molecular flexibility index (Phi) is 8.76. The van der Waals surface area contributed by atoms with Gasteiger partial charge < -0.3 is 19.2 Å². The predicted octanol–water partition coefficient (Wildman–Crippen LogP) is 6.16. The van der Waals surface area contributed by atoms with Crippen LogP contribution in [0.5, 0.6) is 5.75 Å². The number of anilines is 1. The number of para-hydroxylation sites is 2. The zero-order valence-electron chi connectivity index (χ0n) is 18.3. The van der Waals surface area contributed by atoms with E-state index in [2.05, 4.69) is 16.8 Å². The Morgan fingerprint density at radius 1 is 1.00 bits per heavy atom. The number of hydrogen-bond donors (Lipinski definition) is 1. The molecule has 0 unspecified atom stereocenters. The fourth-order valence-corrected chi connectivity index (χ4v) is 3.52. The highest BCUT2D eigenvalue weighted by Crippen LogP contribution is 2.23. The van der Waals surface area contributed by atoms with Crippen LogP contribution in [0.3, 0.4) is 0 Å². The highest BCUT2D eigenvalue weighted by Gasteiger charge is 2.13. The SMILES string of the molecule is CCCCCCCN(CCCCOc1cccc(C(=O)O)c1)c1nc2ccccc2o1. The summed E-state index contributed by atoms with van der Waals surface area (Å²) in [6, 6.07) is 15.2. The number of aromatic nitrogens is 1. The number of nitrogens with zero attached hydrogens (tertiary/aromatic N) is 2. The summed E-state index contributed by atoms with van der Waals surface area (Å²) in [6.45, 7) is 4.54. The highest BCUT2D eigenvalue weighted by molar-refractivity contribution is 5.88. The first-order valence-corrected chi connectivity index (χ1v) is 11.2. The van der Waals surface area contributed by atoms with Crippen LogP contribution in [-0.4, -0.2) is 35.8 Å². The molecule has 3 aromatic rings. The van der Waals surface area contributed by atoms with E-state index in [9.17, 15) is 4.79 Å². The number of rotatable bonds is 14. The first-order valence-electron chi connectivity index (χ1n) is 11.2. The number of aromatic carboxylic acids is 1. The fraction of sp³-hybridized carbons (Fsp3) is 0.440. The summed E-state index contributed by atoms with van der Waals surface area (Å²) in [5.74, 6) is -0.356. The van der Waals surface area contributed by atoms with Crippen molar-refractivity contribution in [2.45, 2.75) is 51.9 Å². The number of hydrogen-bond acceptors (Lipinski definition) is 5. The topological polar surface area (TPSA) is 75.8 Å². The van der Waals surface area contributed by atoms with Crippen molar-refractivity contribution in [2.24, 2.45) is 0 Å². The van der Waals surface area contributed by atoms with E-state index in [1.807, 2.05) is 24.3 Å². The van der Waals surface area contributed by atoms with Crippen LogP contribution in [0, 0.1) is 0 Å². The first-order chi connectivity index (χ1) is 15.2. The molecule has 0 saturated carbocycles. The van der Waals surface area contributed by atoms with E-state index in [0.717, 1.165) is 43.5 Å². The van der Waals surface area contributed by atoms with Gasteiger partial charge in [-0.3, -0.25) is 0 Å². The molecule has 1 aromatic heterocycles. The first kappa shape index (κ1) is 22.7. The molecule has 6 heteroatoms. The van der Waals surface area contributed by atoms with Gasteiger partial charge in [-0.05, 0) is 49.6 Å². The van der Waals surface area contributed by atoms with E-state index < -0.39 is 5.97 Å². The third-order valence-corrected chi connectivity index (χ3v) is 5.26. The molecule has 0 saturated heterocycles. The number of unbranched alkanes of at least 4 members (excludes halogenated alkanes) is 5. The summed E-state index contributed by atoms with van der Waals surface area (Å²) < 4.78 is 11.7. The van der Waals surface area contributed by atoms with Crippen LogP contribution in [0.15, 0.2) is 52.9 Å². The second kappa shape index (κ2) is 12.0. The number of ether oxygens (including phenoxy) is 1. The van der Waals surface area contributed by atoms with Gasteiger partial charge in [0.05, 0.1) is 12.2 Å². The van der Waals surface area contributed by atoms with Crippen LogP contribution < -0.4 is 9.64 Å². The third kappa shape index (κ3) is 7.02. The van der Waals surface area contributed by atoms with Crippen LogP contribution in [0.4, 0.5) is 6.01 Å². The van der Waals surface area contributed by atoms with E-state index in [-0.39, 0.29) is 5.56 Å². The minimum absolute atomic E-state index is 0.239. The largest absolute Gasteiger partial charge is 0.494 e. The molecular formula is C25H32N2O4. The standard InChI is InChI=1S/C25H32N2O4/c1-2-3-4-5-8-16-27(25-26-22-14-6-7-15-23(22)31-25)17-9-10-18-30-21-13-11-12-20(19-21)24(28)29/h6-7,11-15,19H,2-5,8-10,16-18H2,1H3,(H,28,29). The van der Waals surface area contributed by atoms with Crippen molar-refractivity contribution in [1.82, 2.24) is 4.98 Å². The van der Waals surface area contributed by atoms with Crippen molar-refractivity contribution in [2.75, 3.05) is 24.6 Å². The zero-order chi connectivity index (χ0) is 21.9. The van der Waals surface area contributed by atoms with E-state index in [0.29, 0.717) is 18.4 Å². The highest BCUT2D eigenvalue weighted by atomic mass is 16.5. The Hall–Kier alpha value is -3.02. The molecule has 0 aliphatic heterocycles. The van der Waals surface area contributed by atoms with Gasteiger partial charge in [0.15, 0.2) is 5.58 Å². The van der Waals surface area contributed by atoms with Gasteiger partial charge in [0.2, 0.25) is 0 Å². The van der Waals surface area contributed by atoms with Gasteiger partial charge in [-0.2, -0.15) is 4.98 Å². The van der Waals surface area contributed by atoms with Crippen LogP contribution in [0.2, 0.25) is 0 Å². The lowest BCUT2D eigenvalue weighted by atomic mass is 10.1. The number of fused-ring (bicyclic) bond motifs is 1. The van der Waals surface area contributed by atoms with Gasteiger partial charge in [0, 0.05) is 13.1 Å². The van der Waals surface area contributed by atoms with Crippen LogP contribution in [0.1, 0.15) is 62.2 Å². The van der Waals surface area contributed by atoms with Crippen molar-refractivity contribution < 1.29 is 19.1 Å². The Bertz CT molecular complexity index is 920. The lowest BCUT2D eigenvalue weighted by Gasteiger charge is -2.20. The van der Waals surface area contributed by atoms with Gasteiger partial charge in [-0.1, -0.05) is 50.8 Å². The summed E-state index contributed by atoms with van der Waals surface area (Å²) in [4.78, 5) is 18.0. The maximum absolute atomic E-state index is 11.1. The maximum Gasteiger partial charge on any atom is 0.335 e. The molecule has 1 N–H and O–H groups in total. The molecule has 0 aliphatic rings. The lowest BCUT2D eigenvalue weighted by Crippen LogP contribution is -2.26. The Morgan fingerprint density at radius 2 is 1.77 bits per heavy atom. The van der Waals surface area contributed by atoms with Crippen molar-refractivity contribution in [3.63, 3.8) is 0 Å².